The molecule has 0 bridgehead atoms. The molecule has 2 amide bonds. The molecule has 1 atom stereocenters. The van der Waals surface area contributed by atoms with Crippen LogP contribution in [0.15, 0.2) is 59.7 Å². The number of benzene rings is 2. The summed E-state index contributed by atoms with van der Waals surface area (Å²) in [4.78, 5) is 27.8. The van der Waals surface area contributed by atoms with Gasteiger partial charge in [-0.25, -0.2) is 4.39 Å². The number of carbonyl (C=O) groups is 2. The van der Waals surface area contributed by atoms with Crippen LogP contribution in [0.2, 0.25) is 0 Å². The predicted octanol–water partition coefficient (Wildman–Crippen LogP) is 4.51. The van der Waals surface area contributed by atoms with Crippen LogP contribution in [0.3, 0.4) is 0 Å². The molecule has 1 aliphatic carbocycles. The van der Waals surface area contributed by atoms with Crippen LogP contribution in [0.25, 0.3) is 0 Å². The second-order valence-electron chi connectivity index (χ2n) is 8.36. The summed E-state index contributed by atoms with van der Waals surface area (Å²) < 4.78 is 18.8. The van der Waals surface area contributed by atoms with Gasteiger partial charge in [-0.3, -0.25) is 9.59 Å². The molecule has 0 saturated heterocycles. The highest BCUT2D eigenvalue weighted by Crippen LogP contribution is 2.38. The van der Waals surface area contributed by atoms with Gasteiger partial charge in [0.05, 0.1) is 19.1 Å². The molecular formula is C26H29FN2O3. The van der Waals surface area contributed by atoms with Crippen molar-refractivity contribution < 1.29 is 18.7 Å². The number of hydrogen-bond acceptors (Lipinski definition) is 3. The van der Waals surface area contributed by atoms with Crippen molar-refractivity contribution in [1.29, 1.82) is 0 Å². The minimum Gasteiger partial charge on any atom is -0.494 e. The predicted molar refractivity (Wildman–Crippen MR) is 120 cm³/mol. The van der Waals surface area contributed by atoms with E-state index in [9.17, 15) is 14.0 Å². The van der Waals surface area contributed by atoms with Crippen LogP contribution in [-0.2, 0) is 22.7 Å². The molecular weight excluding hydrogens is 407 g/mol. The van der Waals surface area contributed by atoms with Gasteiger partial charge in [0.2, 0.25) is 5.91 Å². The maximum absolute atomic E-state index is 13.3. The van der Waals surface area contributed by atoms with Crippen LogP contribution in [0, 0.1) is 5.82 Å². The Bertz CT molecular complexity index is 1020. The highest BCUT2D eigenvalue weighted by atomic mass is 19.1. The average molecular weight is 437 g/mol. The summed E-state index contributed by atoms with van der Waals surface area (Å²) in [7, 11) is 0. The van der Waals surface area contributed by atoms with E-state index in [-0.39, 0.29) is 30.1 Å². The minimum absolute atomic E-state index is 0.0481. The second-order valence-corrected chi connectivity index (χ2v) is 8.36. The molecule has 1 N–H and O–H groups in total. The van der Waals surface area contributed by atoms with Gasteiger partial charge in [0.15, 0.2) is 0 Å². The average Bonchev–Trinajstić information content (AvgIpc) is 3.06. The van der Waals surface area contributed by atoms with E-state index in [2.05, 4.69) is 5.32 Å². The molecule has 2 aliphatic rings. The molecule has 6 heteroatoms. The number of rotatable bonds is 8. The number of halogens is 1. The highest BCUT2D eigenvalue weighted by molar-refractivity contribution is 6.02. The lowest BCUT2D eigenvalue weighted by Gasteiger charge is -2.30. The zero-order chi connectivity index (χ0) is 22.5. The summed E-state index contributed by atoms with van der Waals surface area (Å²) in [5, 5.41) is 2.94. The first kappa shape index (κ1) is 22.1. The summed E-state index contributed by atoms with van der Waals surface area (Å²) in [6.07, 6.45) is 3.97. The van der Waals surface area contributed by atoms with Gasteiger partial charge in [-0.2, -0.15) is 0 Å². The van der Waals surface area contributed by atoms with E-state index >= 15 is 0 Å². The Kier molecular flexibility index (Phi) is 6.88. The fraction of sp³-hybridized carbons (Fsp3) is 0.385. The smallest absolute Gasteiger partial charge is 0.251 e. The maximum atomic E-state index is 13.3. The van der Waals surface area contributed by atoms with Crippen molar-refractivity contribution in [3.05, 3.63) is 76.6 Å². The molecule has 32 heavy (non-hydrogen) atoms. The third-order valence-electron chi connectivity index (χ3n) is 6.16. The largest absolute Gasteiger partial charge is 0.494 e. The lowest BCUT2D eigenvalue weighted by atomic mass is 9.88. The summed E-state index contributed by atoms with van der Waals surface area (Å²) in [5.74, 6) is 0.263. The number of nitrogens with one attached hydrogen (secondary N) is 1. The van der Waals surface area contributed by atoms with Crippen LogP contribution in [0.1, 0.15) is 50.2 Å². The molecule has 1 saturated carbocycles. The Hall–Kier alpha value is -3.15. The molecule has 2 aromatic carbocycles. The molecule has 168 valence electrons. The highest BCUT2D eigenvalue weighted by Gasteiger charge is 2.40. The number of fused-ring (bicyclic) bond motifs is 1. The van der Waals surface area contributed by atoms with Gasteiger partial charge >= 0.3 is 0 Å². The second kappa shape index (κ2) is 9.98. The number of amides is 2. The lowest BCUT2D eigenvalue weighted by Crippen LogP contribution is -2.36. The minimum atomic E-state index is -0.290. The Morgan fingerprint density at radius 1 is 1.16 bits per heavy atom. The maximum Gasteiger partial charge on any atom is 0.251 e. The Labute approximate surface area is 188 Å². The van der Waals surface area contributed by atoms with Crippen molar-refractivity contribution in [2.24, 2.45) is 0 Å². The van der Waals surface area contributed by atoms with Gasteiger partial charge in [-0.05, 0) is 67.2 Å². The van der Waals surface area contributed by atoms with Crippen LogP contribution in [0.5, 0.6) is 5.75 Å². The fourth-order valence-corrected chi connectivity index (χ4v) is 4.64. The number of ether oxygens (including phenoxy) is 1. The monoisotopic (exact) mass is 436 g/mol. The van der Waals surface area contributed by atoms with Crippen molar-refractivity contribution in [2.45, 2.75) is 58.2 Å². The Balaban J connectivity index is 1.42. The first-order chi connectivity index (χ1) is 15.5. The molecule has 1 unspecified atom stereocenters. The summed E-state index contributed by atoms with van der Waals surface area (Å²) >= 11 is 0. The van der Waals surface area contributed by atoms with Crippen LogP contribution in [-0.4, -0.2) is 29.4 Å². The van der Waals surface area contributed by atoms with Crippen LogP contribution in [0.4, 0.5) is 4.39 Å². The molecule has 1 aliphatic heterocycles. The van der Waals surface area contributed by atoms with E-state index in [1.54, 1.807) is 12.1 Å². The van der Waals surface area contributed by atoms with Gasteiger partial charge in [0.25, 0.3) is 5.91 Å². The van der Waals surface area contributed by atoms with Gasteiger partial charge in [-0.1, -0.05) is 30.7 Å². The number of hydrogen-bond donors (Lipinski definition) is 1. The number of carbonyl (C=O) groups excluding carboxylic acids is 2. The summed E-state index contributed by atoms with van der Waals surface area (Å²) in [5.41, 5.74) is 3.59. The molecule has 2 aromatic rings. The molecule has 5 nitrogen and oxygen atoms in total. The van der Waals surface area contributed by atoms with Crippen molar-refractivity contribution >= 4 is 11.8 Å². The van der Waals surface area contributed by atoms with E-state index in [4.69, 9.17) is 4.74 Å². The van der Waals surface area contributed by atoms with Crippen molar-refractivity contribution in [3.63, 3.8) is 0 Å². The Morgan fingerprint density at radius 2 is 1.97 bits per heavy atom. The molecule has 0 radical (unpaired) electrons. The van der Waals surface area contributed by atoms with Crippen molar-refractivity contribution in [3.8, 4) is 5.75 Å². The topological polar surface area (TPSA) is 58.6 Å². The van der Waals surface area contributed by atoms with Gasteiger partial charge in [-0.15, -0.1) is 0 Å². The summed E-state index contributed by atoms with van der Waals surface area (Å²) in [6.45, 7) is 3.34. The van der Waals surface area contributed by atoms with E-state index in [0.717, 1.165) is 48.1 Å². The van der Waals surface area contributed by atoms with Gasteiger partial charge < -0.3 is 15.0 Å². The molecule has 1 heterocycles. The third kappa shape index (κ3) is 5.01. The van der Waals surface area contributed by atoms with Gasteiger partial charge in [0.1, 0.15) is 11.6 Å². The van der Waals surface area contributed by atoms with E-state index in [1.165, 1.54) is 12.1 Å². The Morgan fingerprint density at radius 3 is 2.75 bits per heavy atom. The van der Waals surface area contributed by atoms with Gasteiger partial charge in [0, 0.05) is 18.7 Å². The van der Waals surface area contributed by atoms with E-state index in [0.29, 0.717) is 25.3 Å². The van der Waals surface area contributed by atoms with E-state index < -0.39 is 0 Å². The molecule has 0 aromatic heterocycles. The zero-order valence-corrected chi connectivity index (χ0v) is 18.4. The standard InChI is InChI=1S/C26H29FN2O3/c1-2-32-21-7-5-6-19(14-21)16-28-25(30)15-23-22-8-3-4-9-24(22)29(26(23)31)17-18-10-12-20(27)13-11-18/h5-7,10-14,24H,2-4,8-9,15-17H2,1H3,(H,28,30). The van der Waals surface area contributed by atoms with Crippen LogP contribution < -0.4 is 10.1 Å². The van der Waals surface area contributed by atoms with Crippen LogP contribution >= 0.6 is 0 Å². The number of nitrogens with zero attached hydrogens (tertiary/aromatic N) is 1. The fourth-order valence-electron chi connectivity index (χ4n) is 4.64. The SMILES string of the molecule is CCOc1cccc(CNC(=O)CC2=C3CCCCC3N(Cc3ccc(F)cc3)C2=O)c1. The lowest BCUT2D eigenvalue weighted by molar-refractivity contribution is -0.129. The quantitative estimate of drug-likeness (QED) is 0.662. The first-order valence-electron chi connectivity index (χ1n) is 11.3. The molecule has 0 spiro atoms. The van der Waals surface area contributed by atoms with Crippen molar-refractivity contribution in [1.82, 2.24) is 10.2 Å². The van der Waals surface area contributed by atoms with Crippen molar-refractivity contribution in [2.75, 3.05) is 6.61 Å². The third-order valence-corrected chi connectivity index (χ3v) is 6.16. The normalized spacial score (nSPS) is 18.0. The zero-order valence-electron chi connectivity index (χ0n) is 18.4. The van der Waals surface area contributed by atoms with E-state index in [1.807, 2.05) is 36.1 Å². The molecule has 1 fully saturated rings. The first-order valence-corrected chi connectivity index (χ1v) is 11.3. The molecule has 4 rings (SSSR count). The summed E-state index contributed by atoms with van der Waals surface area (Å²) in [6, 6.07) is 13.9.